The van der Waals surface area contributed by atoms with Gasteiger partial charge in [-0.25, -0.2) is 18.1 Å². The molecule has 1 aliphatic rings. The van der Waals surface area contributed by atoms with Crippen molar-refractivity contribution in [2.75, 3.05) is 11.5 Å². The Labute approximate surface area is 281 Å². The van der Waals surface area contributed by atoms with E-state index in [1.54, 1.807) is 34.0 Å². The molecule has 0 spiro atoms. The summed E-state index contributed by atoms with van der Waals surface area (Å²) in [5.74, 6) is -1.69. The largest absolute Gasteiger partial charge is 0.390 e. The van der Waals surface area contributed by atoms with Crippen LogP contribution in [-0.2, 0) is 39.3 Å². The van der Waals surface area contributed by atoms with Crippen LogP contribution in [0.15, 0.2) is 48.0 Å². The van der Waals surface area contributed by atoms with Crippen molar-refractivity contribution in [3.63, 3.8) is 0 Å². The fourth-order valence-corrected chi connectivity index (χ4v) is 7.92. The number of hydrogen-bond donors (Lipinski definition) is 4. The maximum absolute atomic E-state index is 14.0. The van der Waals surface area contributed by atoms with E-state index in [1.165, 1.54) is 29.2 Å². The zero-order chi connectivity index (χ0) is 34.0. The highest BCUT2D eigenvalue weighted by atomic mass is 32.2. The van der Waals surface area contributed by atoms with Crippen molar-refractivity contribution in [2.45, 2.75) is 100 Å². The topological polar surface area (TPSA) is 185 Å². The Balaban J connectivity index is 1.55. The molecule has 47 heavy (non-hydrogen) atoms. The van der Waals surface area contributed by atoms with Gasteiger partial charge in [0, 0.05) is 31.1 Å². The Bertz CT molecular complexity index is 1520. The number of carbonyl (C=O) groups is 2. The average molecular weight is 689 g/mol. The fourth-order valence-electron chi connectivity index (χ4n) is 5.75. The van der Waals surface area contributed by atoms with Gasteiger partial charge >= 0.3 is 0 Å². The number of amides is 2. The van der Waals surface area contributed by atoms with E-state index >= 15 is 0 Å². The van der Waals surface area contributed by atoms with Gasteiger partial charge in [0.15, 0.2) is 9.84 Å². The Kier molecular flexibility index (Phi) is 13.0. The van der Waals surface area contributed by atoms with E-state index < -0.39 is 50.5 Å². The highest BCUT2D eigenvalue weighted by molar-refractivity contribution is 7.99. The second kappa shape index (κ2) is 16.7. The Morgan fingerprint density at radius 2 is 1.81 bits per heavy atom. The summed E-state index contributed by atoms with van der Waals surface area (Å²) in [5.41, 5.74) is 1.44. The van der Waals surface area contributed by atoms with Gasteiger partial charge in [-0.05, 0) is 55.5 Å². The minimum atomic E-state index is -3.67. The number of rotatable bonds is 16. The normalized spacial score (nSPS) is 17.0. The summed E-state index contributed by atoms with van der Waals surface area (Å²) in [7, 11) is -1.95. The first kappa shape index (κ1) is 36.5. The van der Waals surface area contributed by atoms with Crippen molar-refractivity contribution in [1.82, 2.24) is 40.8 Å². The number of aromatic nitrogens is 6. The summed E-state index contributed by atoms with van der Waals surface area (Å²) >= 11 is 1.30. The van der Waals surface area contributed by atoms with Gasteiger partial charge in [-0.15, -0.1) is 5.10 Å². The molecule has 13 nitrogen and oxygen atoms in total. The first-order valence-electron chi connectivity index (χ1n) is 16.2. The first-order chi connectivity index (χ1) is 22.3. The number of aryl methyl sites for hydroxylation is 1. The first-order valence-corrected chi connectivity index (χ1v) is 18.8. The van der Waals surface area contributed by atoms with Gasteiger partial charge in [0.2, 0.25) is 17.0 Å². The number of benzene rings is 1. The number of aliphatic hydroxyl groups is 1. The number of aliphatic hydroxyl groups excluding tert-OH is 1. The third-order valence-corrected chi connectivity index (χ3v) is 12.5. The summed E-state index contributed by atoms with van der Waals surface area (Å²) in [6.07, 6.45) is 8.51. The Morgan fingerprint density at radius 1 is 1.09 bits per heavy atom. The standard InChI is InChI=1S/C32H48N8O5S2/c1-32(2,3)47(44,45)20-24(15-22-11-7-5-8-12-22)29(42)36-27(17-25-18-33-21-34-25)30(43)35-26(16-23-13-9-6-10-14-23)28(41)19-46-31-37-38-39-40(31)4/h5,7-8,11-12,18,21,23-24,26-28,41H,6,9-10,13-17,19-20H2,1-4H3,(H,33,34)(H,35,43)(H,36,42)/t24?,26-,27-,28?/m0/s1. The van der Waals surface area contributed by atoms with E-state index in [2.05, 4.69) is 36.1 Å². The number of aromatic amines is 1. The Hall–Kier alpha value is -3.30. The quantitative estimate of drug-likeness (QED) is 0.163. The lowest BCUT2D eigenvalue weighted by Crippen LogP contribution is -2.55. The van der Waals surface area contributed by atoms with Gasteiger partial charge in [-0.2, -0.15) is 0 Å². The van der Waals surface area contributed by atoms with Crippen LogP contribution in [0.25, 0.3) is 0 Å². The van der Waals surface area contributed by atoms with Gasteiger partial charge in [0.05, 0.1) is 34.9 Å². The van der Waals surface area contributed by atoms with Crippen LogP contribution in [0.4, 0.5) is 0 Å². The molecule has 2 unspecified atom stereocenters. The second-order valence-electron chi connectivity index (χ2n) is 13.4. The van der Waals surface area contributed by atoms with Crippen LogP contribution in [0.2, 0.25) is 0 Å². The van der Waals surface area contributed by atoms with Crippen LogP contribution >= 0.6 is 11.8 Å². The number of hydrogen-bond acceptors (Lipinski definition) is 10. The van der Waals surface area contributed by atoms with Crippen molar-refractivity contribution in [1.29, 1.82) is 0 Å². The molecule has 2 amide bonds. The molecular weight excluding hydrogens is 641 g/mol. The van der Waals surface area contributed by atoms with Gasteiger partial charge in [-0.1, -0.05) is 74.2 Å². The van der Waals surface area contributed by atoms with Crippen molar-refractivity contribution >= 4 is 33.4 Å². The molecule has 0 bridgehead atoms. The molecule has 0 aliphatic heterocycles. The smallest absolute Gasteiger partial charge is 0.243 e. The molecule has 1 saturated carbocycles. The highest BCUT2D eigenvalue weighted by Gasteiger charge is 2.36. The zero-order valence-electron chi connectivity index (χ0n) is 27.6. The summed E-state index contributed by atoms with van der Waals surface area (Å²) < 4.78 is 27.1. The van der Waals surface area contributed by atoms with Crippen LogP contribution in [-0.4, -0.2) is 90.0 Å². The molecule has 4 N–H and O–H groups in total. The van der Waals surface area contributed by atoms with Crippen LogP contribution in [0.1, 0.15) is 70.6 Å². The molecule has 2 heterocycles. The lowest BCUT2D eigenvalue weighted by atomic mass is 9.83. The molecule has 4 rings (SSSR count). The number of nitrogens with zero attached hydrogens (tertiary/aromatic N) is 5. The number of imidazole rings is 1. The lowest BCUT2D eigenvalue weighted by Gasteiger charge is -2.31. The molecular formula is C32H48N8O5S2. The summed E-state index contributed by atoms with van der Waals surface area (Å²) in [5, 5.41) is 29.3. The van der Waals surface area contributed by atoms with Crippen LogP contribution in [0.5, 0.6) is 0 Å². The van der Waals surface area contributed by atoms with Crippen LogP contribution < -0.4 is 10.6 Å². The summed E-state index contributed by atoms with van der Waals surface area (Å²) in [6, 6.07) is 7.62. The van der Waals surface area contributed by atoms with E-state index in [0.717, 1.165) is 31.2 Å². The zero-order valence-corrected chi connectivity index (χ0v) is 29.3. The van der Waals surface area contributed by atoms with E-state index in [0.29, 0.717) is 23.2 Å². The van der Waals surface area contributed by atoms with Crippen molar-refractivity contribution in [2.24, 2.45) is 18.9 Å². The molecule has 1 aromatic carbocycles. The van der Waals surface area contributed by atoms with Crippen LogP contribution in [0.3, 0.4) is 0 Å². The van der Waals surface area contributed by atoms with E-state index in [1.807, 2.05) is 30.3 Å². The maximum atomic E-state index is 14.0. The summed E-state index contributed by atoms with van der Waals surface area (Å²) in [6.45, 7) is 4.85. The number of thioether (sulfide) groups is 1. The van der Waals surface area contributed by atoms with Gasteiger partial charge in [-0.3, -0.25) is 9.59 Å². The van der Waals surface area contributed by atoms with Crippen LogP contribution in [0, 0.1) is 11.8 Å². The number of nitrogens with one attached hydrogen (secondary N) is 3. The lowest BCUT2D eigenvalue weighted by molar-refractivity contribution is -0.131. The number of tetrazole rings is 1. The minimum absolute atomic E-state index is 0.104. The summed E-state index contributed by atoms with van der Waals surface area (Å²) in [4.78, 5) is 35.0. The van der Waals surface area contributed by atoms with E-state index in [9.17, 15) is 23.1 Å². The average Bonchev–Trinajstić information content (AvgIpc) is 3.70. The molecule has 1 fully saturated rings. The van der Waals surface area contributed by atoms with Gasteiger partial charge in [0.25, 0.3) is 0 Å². The van der Waals surface area contributed by atoms with Crippen molar-refractivity contribution in [3.8, 4) is 0 Å². The molecule has 2 aromatic heterocycles. The van der Waals surface area contributed by atoms with Crippen molar-refractivity contribution < 1.29 is 23.1 Å². The third-order valence-electron chi connectivity index (χ3n) is 8.73. The monoisotopic (exact) mass is 688 g/mol. The molecule has 15 heteroatoms. The number of sulfone groups is 1. The molecule has 0 saturated heterocycles. The van der Waals surface area contributed by atoms with Gasteiger partial charge < -0.3 is 20.7 Å². The molecule has 1 aliphatic carbocycles. The van der Waals surface area contributed by atoms with Crippen molar-refractivity contribution in [3.05, 3.63) is 54.1 Å². The SMILES string of the molecule is Cn1nnnc1SCC(O)[C@H](CC1CCCCC1)NC(=O)[C@H](Cc1cnc[nH]1)NC(=O)C(Cc1ccccc1)CS(=O)(=O)C(C)(C)C. The van der Waals surface area contributed by atoms with E-state index in [4.69, 9.17) is 0 Å². The number of carbonyl (C=O) groups excluding carboxylic acids is 2. The van der Waals surface area contributed by atoms with Gasteiger partial charge in [0.1, 0.15) is 6.04 Å². The molecule has 258 valence electrons. The maximum Gasteiger partial charge on any atom is 0.243 e. The highest BCUT2D eigenvalue weighted by Crippen LogP contribution is 2.29. The molecule has 3 aromatic rings. The molecule has 0 radical (unpaired) electrons. The minimum Gasteiger partial charge on any atom is -0.390 e. The number of H-pyrrole nitrogens is 1. The predicted molar refractivity (Wildman–Crippen MR) is 180 cm³/mol. The predicted octanol–water partition coefficient (Wildman–Crippen LogP) is 2.64. The third kappa shape index (κ3) is 10.9. The Morgan fingerprint density at radius 3 is 2.43 bits per heavy atom. The second-order valence-corrected chi connectivity index (χ2v) is 17.2. The molecule has 4 atom stereocenters. The van der Waals surface area contributed by atoms with E-state index in [-0.39, 0.29) is 24.3 Å². The fraction of sp³-hybridized carbons (Fsp3) is 0.625.